The molecule has 0 saturated heterocycles. The van der Waals surface area contributed by atoms with Crippen molar-refractivity contribution < 1.29 is 14.6 Å². The molecule has 0 amide bonds. The number of esters is 1. The van der Waals surface area contributed by atoms with Crippen molar-refractivity contribution in [3.63, 3.8) is 0 Å². The SMILES string of the molecule is CCC(O)(c1ccccc1)C(C)C(=O)OC. The number of hydrogen-bond acceptors (Lipinski definition) is 3. The Morgan fingerprint density at radius 2 is 2.00 bits per heavy atom. The Hall–Kier alpha value is -1.35. The molecule has 1 rings (SSSR count). The van der Waals surface area contributed by atoms with Crippen LogP contribution in [0, 0.1) is 5.92 Å². The summed E-state index contributed by atoms with van der Waals surface area (Å²) in [7, 11) is 1.33. The first-order chi connectivity index (χ1) is 7.56. The molecule has 16 heavy (non-hydrogen) atoms. The Labute approximate surface area is 96.1 Å². The average Bonchev–Trinajstić information content (AvgIpc) is 2.37. The molecule has 2 unspecified atom stereocenters. The maximum Gasteiger partial charge on any atom is 0.311 e. The highest BCUT2D eigenvalue weighted by atomic mass is 16.5. The minimum Gasteiger partial charge on any atom is -0.469 e. The molecule has 0 radical (unpaired) electrons. The van der Waals surface area contributed by atoms with E-state index < -0.39 is 17.5 Å². The van der Waals surface area contributed by atoms with Crippen LogP contribution >= 0.6 is 0 Å². The van der Waals surface area contributed by atoms with Gasteiger partial charge in [-0.15, -0.1) is 0 Å². The average molecular weight is 222 g/mol. The maximum absolute atomic E-state index is 11.5. The Morgan fingerprint density at radius 3 is 2.44 bits per heavy atom. The molecule has 3 nitrogen and oxygen atoms in total. The van der Waals surface area contributed by atoms with E-state index in [9.17, 15) is 9.90 Å². The van der Waals surface area contributed by atoms with Crippen LogP contribution in [0.1, 0.15) is 25.8 Å². The van der Waals surface area contributed by atoms with Crippen molar-refractivity contribution in [2.75, 3.05) is 7.11 Å². The standard InChI is InChI=1S/C13H18O3/c1-4-13(15,10(2)12(14)16-3)11-8-6-5-7-9-11/h5-10,15H,4H2,1-3H3. The molecular formula is C13H18O3. The van der Waals surface area contributed by atoms with E-state index in [1.54, 1.807) is 6.92 Å². The van der Waals surface area contributed by atoms with Gasteiger partial charge in [0.15, 0.2) is 0 Å². The fraction of sp³-hybridized carbons (Fsp3) is 0.462. The molecule has 0 bridgehead atoms. The zero-order chi connectivity index (χ0) is 12.2. The smallest absolute Gasteiger partial charge is 0.311 e. The second-order valence-corrected chi connectivity index (χ2v) is 3.89. The van der Waals surface area contributed by atoms with Crippen LogP contribution in [0.3, 0.4) is 0 Å². The van der Waals surface area contributed by atoms with Crippen LogP contribution in [-0.4, -0.2) is 18.2 Å². The fourth-order valence-electron chi connectivity index (χ4n) is 1.86. The zero-order valence-electron chi connectivity index (χ0n) is 9.93. The summed E-state index contributed by atoms with van der Waals surface area (Å²) in [5.41, 5.74) is -0.413. The molecule has 1 aromatic carbocycles. The van der Waals surface area contributed by atoms with E-state index in [0.717, 1.165) is 5.56 Å². The van der Waals surface area contributed by atoms with Crippen LogP contribution in [0.15, 0.2) is 30.3 Å². The predicted octanol–water partition coefficient (Wildman–Crippen LogP) is 2.09. The van der Waals surface area contributed by atoms with Gasteiger partial charge >= 0.3 is 5.97 Å². The molecule has 3 heteroatoms. The van der Waals surface area contributed by atoms with Gasteiger partial charge in [0.1, 0.15) is 5.60 Å². The van der Waals surface area contributed by atoms with Crippen LogP contribution in [0.25, 0.3) is 0 Å². The number of benzene rings is 1. The van der Waals surface area contributed by atoms with Crippen LogP contribution in [0.5, 0.6) is 0 Å². The van der Waals surface area contributed by atoms with E-state index in [-0.39, 0.29) is 0 Å². The molecule has 0 aliphatic carbocycles. The molecule has 0 fully saturated rings. The van der Waals surface area contributed by atoms with Crippen molar-refractivity contribution in [1.29, 1.82) is 0 Å². The predicted molar refractivity (Wildman–Crippen MR) is 61.8 cm³/mol. The number of methoxy groups -OCH3 is 1. The van der Waals surface area contributed by atoms with Crippen LogP contribution in [-0.2, 0) is 15.1 Å². The lowest BCUT2D eigenvalue weighted by Gasteiger charge is -2.32. The molecule has 2 atom stereocenters. The quantitative estimate of drug-likeness (QED) is 0.793. The maximum atomic E-state index is 11.5. The number of carbonyl (C=O) groups excluding carboxylic acids is 1. The summed E-state index contributed by atoms with van der Waals surface area (Å²) in [6, 6.07) is 9.22. The largest absolute Gasteiger partial charge is 0.469 e. The minimum absolute atomic E-state index is 0.395. The molecule has 0 aliphatic rings. The summed E-state index contributed by atoms with van der Waals surface area (Å²) in [6.45, 7) is 3.54. The topological polar surface area (TPSA) is 46.5 Å². The zero-order valence-corrected chi connectivity index (χ0v) is 9.93. The van der Waals surface area contributed by atoms with Gasteiger partial charge in [0.2, 0.25) is 0 Å². The van der Waals surface area contributed by atoms with E-state index in [2.05, 4.69) is 4.74 Å². The second kappa shape index (κ2) is 5.12. The Bertz CT molecular complexity index is 347. The third kappa shape index (κ3) is 2.25. The summed E-state index contributed by atoms with van der Waals surface area (Å²) in [6.07, 6.45) is 0.466. The van der Waals surface area contributed by atoms with Gasteiger partial charge in [0.25, 0.3) is 0 Å². The molecule has 0 spiro atoms. The van der Waals surface area contributed by atoms with Gasteiger partial charge in [0, 0.05) is 0 Å². The summed E-state index contributed by atoms with van der Waals surface area (Å²) >= 11 is 0. The second-order valence-electron chi connectivity index (χ2n) is 3.89. The summed E-state index contributed by atoms with van der Waals surface area (Å²) < 4.78 is 4.68. The number of ether oxygens (including phenoxy) is 1. The normalized spacial score (nSPS) is 16.2. The van der Waals surface area contributed by atoms with E-state index in [1.807, 2.05) is 37.3 Å². The van der Waals surface area contributed by atoms with Gasteiger partial charge in [-0.1, -0.05) is 37.3 Å². The Balaban J connectivity index is 3.07. The first-order valence-corrected chi connectivity index (χ1v) is 5.42. The van der Waals surface area contributed by atoms with Gasteiger partial charge < -0.3 is 9.84 Å². The number of rotatable bonds is 4. The van der Waals surface area contributed by atoms with E-state index in [1.165, 1.54) is 7.11 Å². The van der Waals surface area contributed by atoms with Crippen LogP contribution in [0.2, 0.25) is 0 Å². The molecule has 1 N–H and O–H groups in total. The van der Waals surface area contributed by atoms with Gasteiger partial charge in [-0.3, -0.25) is 4.79 Å². The van der Waals surface area contributed by atoms with Crippen molar-refractivity contribution in [2.45, 2.75) is 25.9 Å². The first kappa shape index (κ1) is 12.7. The van der Waals surface area contributed by atoms with E-state index in [0.29, 0.717) is 6.42 Å². The number of carbonyl (C=O) groups is 1. The van der Waals surface area contributed by atoms with E-state index in [4.69, 9.17) is 0 Å². The molecule has 88 valence electrons. The highest BCUT2D eigenvalue weighted by Crippen LogP contribution is 2.33. The van der Waals surface area contributed by atoms with Gasteiger partial charge in [-0.25, -0.2) is 0 Å². The third-order valence-electron chi connectivity index (χ3n) is 3.08. The fourth-order valence-corrected chi connectivity index (χ4v) is 1.86. The van der Waals surface area contributed by atoms with Gasteiger partial charge in [0.05, 0.1) is 13.0 Å². The lowest BCUT2D eigenvalue weighted by atomic mass is 9.80. The van der Waals surface area contributed by atoms with E-state index >= 15 is 0 Å². The Morgan fingerprint density at radius 1 is 1.44 bits per heavy atom. The Kier molecular flexibility index (Phi) is 4.07. The molecular weight excluding hydrogens is 204 g/mol. The van der Waals surface area contributed by atoms with Crippen molar-refractivity contribution in [3.8, 4) is 0 Å². The monoisotopic (exact) mass is 222 g/mol. The van der Waals surface area contributed by atoms with Crippen molar-refractivity contribution in [2.24, 2.45) is 5.92 Å². The molecule has 1 aromatic rings. The van der Waals surface area contributed by atoms with Crippen LogP contribution in [0.4, 0.5) is 0 Å². The number of hydrogen-bond donors (Lipinski definition) is 1. The highest BCUT2D eigenvalue weighted by molar-refractivity contribution is 5.73. The molecule has 0 aromatic heterocycles. The highest BCUT2D eigenvalue weighted by Gasteiger charge is 2.38. The lowest BCUT2D eigenvalue weighted by Crippen LogP contribution is -2.38. The van der Waals surface area contributed by atoms with Crippen molar-refractivity contribution in [1.82, 2.24) is 0 Å². The van der Waals surface area contributed by atoms with Crippen molar-refractivity contribution in [3.05, 3.63) is 35.9 Å². The summed E-state index contributed by atoms with van der Waals surface area (Å²) in [5.74, 6) is -0.974. The first-order valence-electron chi connectivity index (χ1n) is 5.42. The third-order valence-corrected chi connectivity index (χ3v) is 3.08. The van der Waals surface area contributed by atoms with Crippen LogP contribution < -0.4 is 0 Å². The van der Waals surface area contributed by atoms with Gasteiger partial charge in [-0.2, -0.15) is 0 Å². The van der Waals surface area contributed by atoms with Crippen molar-refractivity contribution >= 4 is 5.97 Å². The molecule has 0 saturated carbocycles. The van der Waals surface area contributed by atoms with Gasteiger partial charge in [-0.05, 0) is 18.9 Å². The summed E-state index contributed by atoms with van der Waals surface area (Å²) in [4.78, 5) is 11.5. The number of aliphatic hydroxyl groups is 1. The minimum atomic E-state index is -1.16. The summed E-state index contributed by atoms with van der Waals surface area (Å²) in [5, 5.41) is 10.6. The lowest BCUT2D eigenvalue weighted by molar-refractivity contribution is -0.155. The molecule has 0 aliphatic heterocycles. The molecule has 0 heterocycles.